The van der Waals surface area contributed by atoms with Gasteiger partial charge in [0.15, 0.2) is 0 Å². The summed E-state index contributed by atoms with van der Waals surface area (Å²) in [6.07, 6.45) is 3.81. The molecule has 3 N–H and O–H groups in total. The van der Waals surface area contributed by atoms with Crippen LogP contribution in [0.5, 0.6) is 5.75 Å². The van der Waals surface area contributed by atoms with Gasteiger partial charge >= 0.3 is 0 Å². The summed E-state index contributed by atoms with van der Waals surface area (Å²) in [6, 6.07) is 7.37. The normalized spacial score (nSPS) is 16.5. The molecule has 0 heterocycles. The molecule has 0 bridgehead atoms. The molecule has 124 valence electrons. The fourth-order valence-corrected chi connectivity index (χ4v) is 3.58. The number of sulfonamides is 1. The van der Waals surface area contributed by atoms with Crippen LogP contribution in [-0.4, -0.2) is 27.3 Å². The van der Waals surface area contributed by atoms with Gasteiger partial charge in [0, 0.05) is 6.04 Å². The van der Waals surface area contributed by atoms with Crippen molar-refractivity contribution in [3.05, 3.63) is 29.8 Å². The summed E-state index contributed by atoms with van der Waals surface area (Å²) in [4.78, 5) is 0. The van der Waals surface area contributed by atoms with Gasteiger partial charge in [-0.3, -0.25) is 0 Å². The van der Waals surface area contributed by atoms with E-state index in [9.17, 15) is 8.42 Å². The van der Waals surface area contributed by atoms with Crippen molar-refractivity contribution in [1.29, 1.82) is 0 Å². The van der Waals surface area contributed by atoms with Crippen molar-refractivity contribution in [1.82, 2.24) is 4.72 Å². The second-order valence-electron chi connectivity index (χ2n) is 5.98. The van der Waals surface area contributed by atoms with Crippen LogP contribution in [-0.2, 0) is 10.0 Å². The molecule has 0 radical (unpaired) electrons. The fourth-order valence-electron chi connectivity index (χ4n) is 2.20. The Morgan fingerprint density at radius 3 is 2.82 bits per heavy atom. The first-order chi connectivity index (χ1) is 10.5. The predicted molar refractivity (Wildman–Crippen MR) is 88.3 cm³/mol. The molecule has 0 aromatic heterocycles. The average Bonchev–Trinajstić information content (AvgIpc) is 3.29. The molecule has 2 rings (SSSR count). The number of nitrogens with one attached hydrogen (secondary N) is 1. The van der Waals surface area contributed by atoms with Crippen molar-refractivity contribution >= 4 is 10.0 Å². The number of hydrogen-bond donors (Lipinski definition) is 2. The first-order valence-electron chi connectivity index (χ1n) is 7.93. The summed E-state index contributed by atoms with van der Waals surface area (Å²) in [5.41, 5.74) is 6.30. The SMILES string of the molecule is C[C@@H](NS(=O)(=O)CCCCN)c1cccc(OCC2CC2)c1. The highest BCUT2D eigenvalue weighted by Gasteiger charge is 2.22. The quantitative estimate of drug-likeness (QED) is 0.646. The fraction of sp³-hybridized carbons (Fsp3) is 0.625. The van der Waals surface area contributed by atoms with E-state index in [4.69, 9.17) is 10.5 Å². The van der Waals surface area contributed by atoms with E-state index in [1.54, 1.807) is 0 Å². The number of benzene rings is 1. The minimum atomic E-state index is -3.28. The van der Waals surface area contributed by atoms with Gasteiger partial charge in [-0.15, -0.1) is 0 Å². The molecule has 1 saturated carbocycles. The van der Waals surface area contributed by atoms with Gasteiger partial charge in [-0.25, -0.2) is 13.1 Å². The maximum Gasteiger partial charge on any atom is 0.212 e. The Hall–Kier alpha value is -1.11. The first-order valence-corrected chi connectivity index (χ1v) is 9.58. The molecule has 5 nitrogen and oxygen atoms in total. The Labute approximate surface area is 133 Å². The van der Waals surface area contributed by atoms with Crippen molar-refractivity contribution in [2.75, 3.05) is 18.9 Å². The van der Waals surface area contributed by atoms with Crippen molar-refractivity contribution in [2.45, 2.75) is 38.6 Å². The Bertz CT molecular complexity index is 571. The summed E-state index contributed by atoms with van der Waals surface area (Å²) < 4.78 is 32.5. The lowest BCUT2D eigenvalue weighted by atomic mass is 10.1. The Balaban J connectivity index is 1.90. The molecular weight excluding hydrogens is 300 g/mol. The summed E-state index contributed by atoms with van der Waals surface area (Å²) in [5.74, 6) is 1.62. The number of rotatable bonds is 10. The van der Waals surface area contributed by atoms with E-state index in [-0.39, 0.29) is 11.8 Å². The van der Waals surface area contributed by atoms with Gasteiger partial charge in [-0.2, -0.15) is 0 Å². The number of unbranched alkanes of at least 4 members (excludes halogenated alkanes) is 1. The van der Waals surface area contributed by atoms with E-state index in [1.165, 1.54) is 12.8 Å². The van der Waals surface area contributed by atoms with Gasteiger partial charge in [0.2, 0.25) is 10.0 Å². The molecule has 1 atom stereocenters. The molecule has 6 heteroatoms. The molecule has 1 fully saturated rings. The topological polar surface area (TPSA) is 81.4 Å². The van der Waals surface area contributed by atoms with Crippen molar-refractivity contribution in [3.8, 4) is 5.75 Å². The summed E-state index contributed by atoms with van der Waals surface area (Å²) in [7, 11) is -3.28. The highest BCUT2D eigenvalue weighted by atomic mass is 32.2. The monoisotopic (exact) mass is 326 g/mol. The van der Waals surface area contributed by atoms with Gasteiger partial charge in [-0.05, 0) is 62.8 Å². The summed E-state index contributed by atoms with van der Waals surface area (Å²) in [5, 5.41) is 0. The van der Waals surface area contributed by atoms with Crippen molar-refractivity contribution < 1.29 is 13.2 Å². The maximum atomic E-state index is 12.0. The van der Waals surface area contributed by atoms with Crippen molar-refractivity contribution in [2.24, 2.45) is 11.7 Å². The van der Waals surface area contributed by atoms with Crippen LogP contribution in [0.1, 0.15) is 44.2 Å². The van der Waals surface area contributed by atoms with Gasteiger partial charge in [0.1, 0.15) is 5.75 Å². The molecular formula is C16H26N2O3S. The highest BCUT2D eigenvalue weighted by molar-refractivity contribution is 7.89. The largest absolute Gasteiger partial charge is 0.493 e. The van der Waals surface area contributed by atoms with Crippen LogP contribution in [0.4, 0.5) is 0 Å². The van der Waals surface area contributed by atoms with Gasteiger partial charge in [0.25, 0.3) is 0 Å². The van der Waals surface area contributed by atoms with E-state index >= 15 is 0 Å². The molecule has 1 aliphatic rings. The van der Waals surface area contributed by atoms with Crippen LogP contribution in [0.15, 0.2) is 24.3 Å². The first kappa shape index (κ1) is 17.2. The molecule has 1 aliphatic carbocycles. The lowest BCUT2D eigenvalue weighted by Gasteiger charge is -2.16. The minimum absolute atomic E-state index is 0.117. The predicted octanol–water partition coefficient (Wildman–Crippen LogP) is 2.19. The van der Waals surface area contributed by atoms with Gasteiger partial charge < -0.3 is 10.5 Å². The van der Waals surface area contributed by atoms with E-state index in [0.717, 1.165) is 24.3 Å². The highest BCUT2D eigenvalue weighted by Crippen LogP contribution is 2.30. The number of hydrogen-bond acceptors (Lipinski definition) is 4. The van der Waals surface area contributed by atoms with Crippen LogP contribution in [0.2, 0.25) is 0 Å². The molecule has 0 spiro atoms. The molecule has 1 aromatic carbocycles. The number of nitrogens with two attached hydrogens (primary N) is 1. The molecule has 0 aliphatic heterocycles. The van der Waals surface area contributed by atoms with E-state index in [0.29, 0.717) is 18.9 Å². The summed E-state index contributed by atoms with van der Waals surface area (Å²) in [6.45, 7) is 3.12. The third-order valence-corrected chi connectivity index (χ3v) is 5.30. The maximum absolute atomic E-state index is 12.0. The van der Waals surface area contributed by atoms with Crippen LogP contribution in [0.25, 0.3) is 0 Å². The standard InChI is InChI=1S/C16H26N2O3S/c1-13(18-22(19,20)10-3-2-9-17)15-5-4-6-16(11-15)21-12-14-7-8-14/h4-6,11,13-14,18H,2-3,7-10,12,17H2,1H3/t13-/m1/s1. The average molecular weight is 326 g/mol. The minimum Gasteiger partial charge on any atom is -0.493 e. The van der Waals surface area contributed by atoms with Crippen LogP contribution in [0, 0.1) is 5.92 Å². The van der Waals surface area contributed by atoms with Gasteiger partial charge in [-0.1, -0.05) is 12.1 Å². The van der Waals surface area contributed by atoms with Crippen LogP contribution in [0.3, 0.4) is 0 Å². The smallest absolute Gasteiger partial charge is 0.212 e. The molecule has 0 amide bonds. The lowest BCUT2D eigenvalue weighted by Crippen LogP contribution is -2.29. The van der Waals surface area contributed by atoms with Crippen LogP contribution < -0.4 is 15.2 Å². The Morgan fingerprint density at radius 1 is 1.36 bits per heavy atom. The third-order valence-electron chi connectivity index (χ3n) is 3.76. The molecule has 0 saturated heterocycles. The third kappa shape index (κ3) is 5.94. The Kier molecular flexibility index (Phi) is 6.23. The molecule has 0 unspecified atom stereocenters. The second kappa shape index (κ2) is 7.94. The van der Waals surface area contributed by atoms with Crippen LogP contribution >= 0.6 is 0 Å². The number of ether oxygens (including phenoxy) is 1. The van der Waals surface area contributed by atoms with Gasteiger partial charge in [0.05, 0.1) is 12.4 Å². The van der Waals surface area contributed by atoms with Crippen molar-refractivity contribution in [3.63, 3.8) is 0 Å². The van der Waals surface area contributed by atoms with E-state index in [1.807, 2.05) is 31.2 Å². The van der Waals surface area contributed by atoms with E-state index in [2.05, 4.69) is 4.72 Å². The lowest BCUT2D eigenvalue weighted by molar-refractivity contribution is 0.299. The molecule has 1 aromatic rings. The summed E-state index contributed by atoms with van der Waals surface area (Å²) >= 11 is 0. The Morgan fingerprint density at radius 2 is 2.14 bits per heavy atom. The zero-order valence-electron chi connectivity index (χ0n) is 13.1. The van der Waals surface area contributed by atoms with E-state index < -0.39 is 10.0 Å². The zero-order valence-corrected chi connectivity index (χ0v) is 13.9. The second-order valence-corrected chi connectivity index (χ2v) is 7.85. The molecule has 22 heavy (non-hydrogen) atoms. The zero-order chi connectivity index (χ0) is 16.0.